The summed E-state index contributed by atoms with van der Waals surface area (Å²) in [6.07, 6.45) is 1.64. The van der Waals surface area contributed by atoms with E-state index in [1.54, 1.807) is 30.3 Å². The highest BCUT2D eigenvalue weighted by Gasteiger charge is 2.42. The van der Waals surface area contributed by atoms with Gasteiger partial charge in [0.05, 0.1) is 0 Å². The van der Waals surface area contributed by atoms with Gasteiger partial charge >= 0.3 is 0 Å². The van der Waals surface area contributed by atoms with Crippen LogP contribution in [-0.2, 0) is 10.0 Å². The second-order valence-electron chi connectivity index (χ2n) is 5.03. The molecule has 0 amide bonds. The second kappa shape index (κ2) is 5.40. The first-order chi connectivity index (χ1) is 8.96. The third kappa shape index (κ3) is 3.86. The molecule has 0 radical (unpaired) electrons. The summed E-state index contributed by atoms with van der Waals surface area (Å²) < 4.78 is 26.0. The monoisotopic (exact) mass is 283 g/mol. The van der Waals surface area contributed by atoms with Crippen LogP contribution in [0.2, 0.25) is 0 Å². The van der Waals surface area contributed by atoms with Crippen LogP contribution in [0.1, 0.15) is 23.2 Å². The Morgan fingerprint density at radius 1 is 1.26 bits per heavy atom. The Morgan fingerprint density at radius 2 is 1.89 bits per heavy atom. The van der Waals surface area contributed by atoms with E-state index < -0.39 is 21.6 Å². The molecular formula is C13H17NO4S. The van der Waals surface area contributed by atoms with Crippen LogP contribution in [-0.4, -0.2) is 38.2 Å². The number of sulfonamides is 1. The molecule has 1 aromatic carbocycles. The van der Waals surface area contributed by atoms with Gasteiger partial charge in [0.1, 0.15) is 5.75 Å². The first-order valence-electron chi connectivity index (χ1n) is 6.13. The zero-order valence-electron chi connectivity index (χ0n) is 10.5. The van der Waals surface area contributed by atoms with E-state index in [4.69, 9.17) is 5.11 Å². The van der Waals surface area contributed by atoms with Gasteiger partial charge in [0, 0.05) is 24.1 Å². The van der Waals surface area contributed by atoms with Gasteiger partial charge in [0.2, 0.25) is 10.0 Å². The Morgan fingerprint density at radius 3 is 2.42 bits per heavy atom. The lowest BCUT2D eigenvalue weighted by Crippen LogP contribution is -2.35. The standard InChI is InChI=1S/C13H17NO4S/c15-10-13(6-7-13)9-14-19(17,18)8-12(16)11-4-2-1-3-5-11/h1-5,14-15H,6-10H2. The van der Waals surface area contributed by atoms with Crippen LogP contribution >= 0.6 is 0 Å². The number of hydrogen-bond acceptors (Lipinski definition) is 4. The quantitative estimate of drug-likeness (QED) is 0.716. The molecule has 1 fully saturated rings. The molecule has 1 aliphatic rings. The predicted molar refractivity (Wildman–Crippen MR) is 71.3 cm³/mol. The minimum Gasteiger partial charge on any atom is -0.396 e. The molecule has 0 unspecified atom stereocenters. The molecule has 1 saturated carbocycles. The summed E-state index contributed by atoms with van der Waals surface area (Å²) in [5, 5.41) is 9.11. The zero-order chi connectivity index (χ0) is 13.9. The first-order valence-corrected chi connectivity index (χ1v) is 7.78. The average molecular weight is 283 g/mol. The lowest BCUT2D eigenvalue weighted by Gasteiger charge is -2.12. The molecule has 6 heteroatoms. The Kier molecular flexibility index (Phi) is 4.03. The summed E-state index contributed by atoms with van der Waals surface area (Å²) in [5.74, 6) is -0.986. The Balaban J connectivity index is 1.92. The van der Waals surface area contributed by atoms with Crippen molar-refractivity contribution in [1.82, 2.24) is 4.72 Å². The fourth-order valence-corrected chi connectivity index (χ4v) is 2.90. The van der Waals surface area contributed by atoms with Crippen LogP contribution < -0.4 is 4.72 Å². The van der Waals surface area contributed by atoms with E-state index in [2.05, 4.69) is 4.72 Å². The number of benzene rings is 1. The molecule has 0 spiro atoms. The molecule has 5 nitrogen and oxygen atoms in total. The van der Waals surface area contributed by atoms with Crippen molar-refractivity contribution >= 4 is 15.8 Å². The van der Waals surface area contributed by atoms with Gasteiger partial charge in [-0.15, -0.1) is 0 Å². The number of rotatable bonds is 7. The molecule has 2 rings (SSSR count). The molecule has 104 valence electrons. The average Bonchev–Trinajstić information content (AvgIpc) is 3.18. The van der Waals surface area contributed by atoms with Crippen molar-refractivity contribution in [2.24, 2.45) is 5.41 Å². The van der Waals surface area contributed by atoms with Gasteiger partial charge in [-0.1, -0.05) is 30.3 Å². The molecule has 0 bridgehead atoms. The SMILES string of the molecule is O=C(CS(=O)(=O)NCC1(CO)CC1)c1ccccc1. The Hall–Kier alpha value is -1.24. The minimum absolute atomic E-state index is 0.0256. The molecule has 0 heterocycles. The van der Waals surface area contributed by atoms with Crippen molar-refractivity contribution < 1.29 is 18.3 Å². The van der Waals surface area contributed by atoms with Gasteiger partial charge in [0.15, 0.2) is 5.78 Å². The Labute approximate surface area is 112 Å². The van der Waals surface area contributed by atoms with Crippen LogP contribution in [0.5, 0.6) is 0 Å². The molecule has 0 atom stereocenters. The highest BCUT2D eigenvalue weighted by molar-refractivity contribution is 7.90. The largest absolute Gasteiger partial charge is 0.396 e. The van der Waals surface area contributed by atoms with Crippen molar-refractivity contribution in [3.63, 3.8) is 0 Å². The molecule has 1 aliphatic carbocycles. The lowest BCUT2D eigenvalue weighted by molar-refractivity contribution is 0.102. The highest BCUT2D eigenvalue weighted by atomic mass is 32.2. The van der Waals surface area contributed by atoms with E-state index in [-0.39, 0.29) is 18.6 Å². The third-order valence-electron chi connectivity index (χ3n) is 3.38. The molecule has 19 heavy (non-hydrogen) atoms. The third-order valence-corrected chi connectivity index (χ3v) is 4.60. The van der Waals surface area contributed by atoms with E-state index >= 15 is 0 Å². The van der Waals surface area contributed by atoms with Crippen LogP contribution in [0, 0.1) is 5.41 Å². The van der Waals surface area contributed by atoms with Crippen molar-refractivity contribution in [1.29, 1.82) is 0 Å². The van der Waals surface area contributed by atoms with Crippen LogP contribution in [0.15, 0.2) is 30.3 Å². The fourth-order valence-electron chi connectivity index (χ4n) is 1.76. The van der Waals surface area contributed by atoms with Gasteiger partial charge < -0.3 is 5.11 Å². The summed E-state index contributed by atoms with van der Waals surface area (Å²) in [6.45, 7) is 0.177. The van der Waals surface area contributed by atoms with Crippen molar-refractivity contribution in [2.75, 3.05) is 18.9 Å². The summed E-state index contributed by atoms with van der Waals surface area (Å²) in [6, 6.07) is 8.33. The van der Waals surface area contributed by atoms with E-state index in [1.165, 1.54) is 0 Å². The maximum atomic E-state index is 11.8. The van der Waals surface area contributed by atoms with E-state index in [0.29, 0.717) is 5.56 Å². The fraction of sp³-hybridized carbons (Fsp3) is 0.462. The lowest BCUT2D eigenvalue weighted by atomic mass is 10.1. The first kappa shape index (κ1) is 14.2. The predicted octanol–water partition coefficient (Wildman–Crippen LogP) is 0.561. The molecule has 1 aromatic rings. The van der Waals surface area contributed by atoms with Gasteiger partial charge in [-0.25, -0.2) is 13.1 Å². The van der Waals surface area contributed by atoms with Crippen molar-refractivity contribution in [3.8, 4) is 0 Å². The number of nitrogens with one attached hydrogen (secondary N) is 1. The molecule has 0 saturated heterocycles. The summed E-state index contributed by atoms with van der Waals surface area (Å²) in [5.41, 5.74) is 0.0826. The molecule has 0 aliphatic heterocycles. The Bertz CT molecular complexity index is 549. The maximum Gasteiger partial charge on any atom is 0.219 e. The summed E-state index contributed by atoms with van der Waals surface area (Å²) in [7, 11) is -3.64. The number of aliphatic hydroxyl groups excluding tert-OH is 1. The van der Waals surface area contributed by atoms with Gasteiger partial charge in [0.25, 0.3) is 0 Å². The summed E-state index contributed by atoms with van der Waals surface area (Å²) in [4.78, 5) is 11.8. The number of aliphatic hydroxyl groups is 1. The van der Waals surface area contributed by atoms with Crippen molar-refractivity contribution in [3.05, 3.63) is 35.9 Å². The number of carbonyl (C=O) groups excluding carboxylic acids is 1. The maximum absolute atomic E-state index is 11.8. The van der Waals surface area contributed by atoms with E-state index in [9.17, 15) is 13.2 Å². The number of Topliss-reactive ketones (excluding diaryl/α,β-unsaturated/α-hetero) is 1. The highest BCUT2D eigenvalue weighted by Crippen LogP contribution is 2.44. The second-order valence-corrected chi connectivity index (χ2v) is 6.83. The zero-order valence-corrected chi connectivity index (χ0v) is 11.3. The van der Waals surface area contributed by atoms with Crippen LogP contribution in [0.25, 0.3) is 0 Å². The number of carbonyl (C=O) groups is 1. The van der Waals surface area contributed by atoms with Crippen LogP contribution in [0.3, 0.4) is 0 Å². The molecule has 2 N–H and O–H groups in total. The van der Waals surface area contributed by atoms with Crippen LogP contribution in [0.4, 0.5) is 0 Å². The normalized spacial score (nSPS) is 17.1. The van der Waals surface area contributed by atoms with Gasteiger partial charge in [-0.3, -0.25) is 4.79 Å². The summed E-state index contributed by atoms with van der Waals surface area (Å²) >= 11 is 0. The van der Waals surface area contributed by atoms with Crippen molar-refractivity contribution in [2.45, 2.75) is 12.8 Å². The molecular weight excluding hydrogens is 266 g/mol. The molecule has 0 aromatic heterocycles. The smallest absolute Gasteiger partial charge is 0.219 e. The topological polar surface area (TPSA) is 83.5 Å². The number of hydrogen-bond donors (Lipinski definition) is 2. The number of ketones is 1. The van der Waals surface area contributed by atoms with Gasteiger partial charge in [-0.05, 0) is 12.8 Å². The van der Waals surface area contributed by atoms with E-state index in [0.717, 1.165) is 12.8 Å². The minimum atomic E-state index is -3.64. The van der Waals surface area contributed by atoms with Gasteiger partial charge in [-0.2, -0.15) is 0 Å². The van der Waals surface area contributed by atoms with E-state index in [1.807, 2.05) is 0 Å².